The number of fused-ring (bicyclic) bond motifs is 11. The summed E-state index contributed by atoms with van der Waals surface area (Å²) >= 11 is 0. The number of hydrogen-bond acceptors (Lipinski definition) is 6. The lowest BCUT2D eigenvalue weighted by Crippen LogP contribution is -2.60. The van der Waals surface area contributed by atoms with Crippen LogP contribution in [-0.2, 0) is 34.0 Å². The van der Waals surface area contributed by atoms with E-state index < -0.39 is 11.3 Å². The maximum absolute atomic E-state index is 14.6. The van der Waals surface area contributed by atoms with Crippen molar-refractivity contribution in [3.05, 3.63) is 71.3 Å². The smallest absolute Gasteiger partial charge is 0.321 e. The van der Waals surface area contributed by atoms with Crippen molar-refractivity contribution in [2.75, 3.05) is 28.2 Å². The van der Waals surface area contributed by atoms with E-state index in [1.165, 1.54) is 0 Å². The molecule has 8 nitrogen and oxygen atoms in total. The number of carbonyl (C=O) groups is 2. The number of likely N-dealkylation sites (N-methyl/N-ethyl adjacent to an activating group) is 2. The minimum absolute atomic E-state index is 0.0856. The molecule has 1 aliphatic carbocycles. The second kappa shape index (κ2) is 9.15. The van der Waals surface area contributed by atoms with Crippen molar-refractivity contribution >= 4 is 11.9 Å². The average molecular weight is 601 g/mol. The molecule has 6 heterocycles. The Balaban J connectivity index is 0.998. The van der Waals surface area contributed by atoms with Crippen molar-refractivity contribution in [3.63, 3.8) is 0 Å². The SMILES string of the molecule is C[N+]1(C)[C@@H]2CC(OC(=O)[C@H]3CC[C@@](C(=O)OC4C[C@@H]5[C@H]6O[C@H]6[C@H](C4)[N+]5(C)C)(c4ccccc4)c4ccccc43)C[C@@H]1[C@H]1O[C@@H]12. The summed E-state index contributed by atoms with van der Waals surface area (Å²) in [4.78, 5) is 28.6. The lowest BCUT2D eigenvalue weighted by atomic mass is 9.63. The molecule has 0 aromatic heterocycles. The van der Waals surface area contributed by atoms with Crippen LogP contribution in [0.5, 0.6) is 0 Å². The number of benzene rings is 2. The number of rotatable bonds is 5. The lowest BCUT2D eigenvalue weighted by Gasteiger charge is -2.46. The first-order chi connectivity index (χ1) is 21.1. The molecule has 11 atom stereocenters. The topological polar surface area (TPSA) is 77.7 Å². The molecule has 2 aromatic carbocycles. The van der Waals surface area contributed by atoms with Crippen LogP contribution < -0.4 is 0 Å². The van der Waals surface area contributed by atoms with Gasteiger partial charge < -0.3 is 27.9 Å². The number of ether oxygens (including phenoxy) is 4. The molecule has 0 radical (unpaired) electrons. The maximum atomic E-state index is 14.6. The highest BCUT2D eigenvalue weighted by atomic mass is 16.6. The van der Waals surface area contributed by atoms with Crippen molar-refractivity contribution in [1.29, 1.82) is 0 Å². The Kier molecular flexibility index (Phi) is 5.72. The van der Waals surface area contributed by atoms with Gasteiger partial charge in [0.15, 0.2) is 0 Å². The normalized spacial score (nSPS) is 44.5. The minimum Gasteiger partial charge on any atom is -0.461 e. The molecule has 1 unspecified atom stereocenters. The molecular formula is C36H44N2O6+2. The van der Waals surface area contributed by atoms with Crippen LogP contribution in [0.15, 0.2) is 54.6 Å². The van der Waals surface area contributed by atoms with E-state index in [9.17, 15) is 9.59 Å². The van der Waals surface area contributed by atoms with Gasteiger partial charge in [-0.3, -0.25) is 9.59 Å². The van der Waals surface area contributed by atoms with Gasteiger partial charge in [-0.2, -0.15) is 0 Å². The predicted molar refractivity (Wildman–Crippen MR) is 161 cm³/mol. The molecule has 232 valence electrons. The molecule has 44 heavy (non-hydrogen) atoms. The van der Waals surface area contributed by atoms with E-state index in [2.05, 4.69) is 28.2 Å². The summed E-state index contributed by atoms with van der Waals surface area (Å²) in [6.45, 7) is 0. The zero-order valence-corrected chi connectivity index (χ0v) is 26.1. The van der Waals surface area contributed by atoms with Crippen LogP contribution in [0.2, 0.25) is 0 Å². The third kappa shape index (κ3) is 3.71. The molecule has 0 amide bonds. The fourth-order valence-corrected chi connectivity index (χ4v) is 10.5. The molecule has 9 rings (SSSR count). The molecule has 6 fully saturated rings. The van der Waals surface area contributed by atoms with Gasteiger partial charge in [0, 0.05) is 25.7 Å². The first-order valence-electron chi connectivity index (χ1n) is 16.6. The minimum atomic E-state index is -0.973. The zero-order chi connectivity index (χ0) is 30.2. The van der Waals surface area contributed by atoms with Gasteiger partial charge in [0.25, 0.3) is 0 Å². The number of esters is 2. The van der Waals surface area contributed by atoms with Gasteiger partial charge in [-0.05, 0) is 29.5 Å². The monoisotopic (exact) mass is 600 g/mol. The molecule has 6 saturated heterocycles. The Morgan fingerprint density at radius 2 is 1.20 bits per heavy atom. The Morgan fingerprint density at radius 3 is 1.77 bits per heavy atom. The van der Waals surface area contributed by atoms with E-state index in [4.69, 9.17) is 18.9 Å². The van der Waals surface area contributed by atoms with Crippen LogP contribution in [0.3, 0.4) is 0 Å². The first kappa shape index (κ1) is 27.5. The van der Waals surface area contributed by atoms with E-state index in [0.717, 1.165) is 51.3 Å². The average Bonchev–Trinajstić information content (AvgIpc) is 3.91. The van der Waals surface area contributed by atoms with Crippen LogP contribution in [-0.4, -0.2) is 110 Å². The van der Waals surface area contributed by atoms with Crippen LogP contribution in [0.4, 0.5) is 0 Å². The van der Waals surface area contributed by atoms with Crippen LogP contribution in [0, 0.1) is 0 Å². The van der Waals surface area contributed by atoms with E-state index in [0.29, 0.717) is 61.4 Å². The predicted octanol–water partition coefficient (Wildman–Crippen LogP) is 3.45. The summed E-state index contributed by atoms with van der Waals surface area (Å²) in [6, 6.07) is 19.5. The highest BCUT2D eigenvalue weighted by molar-refractivity contribution is 5.91. The second-order valence-corrected chi connectivity index (χ2v) is 15.6. The molecule has 0 saturated carbocycles. The molecule has 6 aliphatic heterocycles. The van der Waals surface area contributed by atoms with Crippen molar-refractivity contribution in [3.8, 4) is 0 Å². The first-order valence-corrected chi connectivity index (χ1v) is 16.6. The van der Waals surface area contributed by atoms with Crippen LogP contribution in [0.1, 0.15) is 61.1 Å². The summed E-state index contributed by atoms with van der Waals surface area (Å²) in [7, 11) is 9.16. The molecular weight excluding hydrogens is 556 g/mol. The van der Waals surface area contributed by atoms with Crippen molar-refractivity contribution in [2.45, 2.75) is 111 Å². The summed E-state index contributed by atoms with van der Waals surface area (Å²) in [5.74, 6) is -0.768. The third-order valence-electron chi connectivity index (χ3n) is 13.1. The fraction of sp³-hybridized carbons (Fsp3) is 0.611. The van der Waals surface area contributed by atoms with Gasteiger partial charge in [-0.15, -0.1) is 0 Å². The van der Waals surface area contributed by atoms with Crippen molar-refractivity contribution in [2.24, 2.45) is 0 Å². The summed E-state index contributed by atoms with van der Waals surface area (Å²) < 4.78 is 26.7. The van der Waals surface area contributed by atoms with Crippen molar-refractivity contribution in [1.82, 2.24) is 0 Å². The van der Waals surface area contributed by atoms with Gasteiger partial charge in [-0.1, -0.05) is 54.6 Å². The number of quaternary nitrogens is 2. The number of morpholine rings is 2. The summed E-state index contributed by atoms with van der Waals surface area (Å²) in [5, 5.41) is 0. The fourth-order valence-electron chi connectivity index (χ4n) is 10.5. The molecule has 0 N–H and O–H groups in total. The summed E-state index contributed by atoms with van der Waals surface area (Å²) in [6.07, 6.45) is 5.38. The second-order valence-electron chi connectivity index (χ2n) is 15.6. The van der Waals surface area contributed by atoms with Gasteiger partial charge in [-0.25, -0.2) is 0 Å². The molecule has 4 bridgehead atoms. The van der Waals surface area contributed by atoms with E-state index in [1.54, 1.807) is 0 Å². The number of piperidine rings is 2. The molecule has 8 heteroatoms. The number of carbonyl (C=O) groups excluding carboxylic acids is 2. The lowest BCUT2D eigenvalue weighted by molar-refractivity contribution is -0.938. The maximum Gasteiger partial charge on any atom is 0.321 e. The third-order valence-corrected chi connectivity index (χ3v) is 13.1. The Labute approximate surface area is 259 Å². The highest BCUT2D eigenvalue weighted by Crippen LogP contribution is 2.54. The Bertz CT molecular complexity index is 1490. The van der Waals surface area contributed by atoms with Crippen molar-refractivity contribution < 1.29 is 37.5 Å². The Hall–Kier alpha value is -2.78. The Morgan fingerprint density at radius 1 is 0.705 bits per heavy atom. The number of nitrogens with zero attached hydrogens (tertiary/aromatic N) is 2. The number of hydrogen-bond donors (Lipinski definition) is 0. The molecule has 7 aliphatic rings. The largest absolute Gasteiger partial charge is 0.461 e. The zero-order valence-electron chi connectivity index (χ0n) is 26.1. The summed E-state index contributed by atoms with van der Waals surface area (Å²) in [5.41, 5.74) is 1.72. The van der Waals surface area contributed by atoms with E-state index >= 15 is 0 Å². The quantitative estimate of drug-likeness (QED) is 0.297. The van der Waals surface area contributed by atoms with Gasteiger partial charge in [0.1, 0.15) is 66.2 Å². The van der Waals surface area contributed by atoms with Crippen LogP contribution >= 0.6 is 0 Å². The number of epoxide rings is 2. The molecule has 2 aromatic rings. The highest BCUT2D eigenvalue weighted by Gasteiger charge is 2.72. The standard InChI is InChI=1S/C36H44N2O6/c1-37(2)26-16-21(17-27(37)31-30(26)43-31)41-34(39)24-14-15-36(20-10-6-5-7-11-20,25-13-9-8-12-23(24)25)35(40)42-22-18-28-32-33(44-32)29(19-22)38(28,3)4/h5-13,21-22,24,26-33H,14-19H2,1-4H3/q+2/t22?,24-,26+,27+,28-,29+,30+,31+,32-,33+,36+/m0/s1. The van der Waals surface area contributed by atoms with E-state index in [-0.39, 0.29) is 24.1 Å². The van der Waals surface area contributed by atoms with Crippen LogP contribution in [0.25, 0.3) is 0 Å². The van der Waals surface area contributed by atoms with Gasteiger partial charge in [0.2, 0.25) is 0 Å². The van der Waals surface area contributed by atoms with Gasteiger partial charge in [0.05, 0.1) is 34.1 Å². The van der Waals surface area contributed by atoms with E-state index in [1.807, 2.05) is 54.6 Å². The molecule has 0 spiro atoms. The van der Waals surface area contributed by atoms with Gasteiger partial charge >= 0.3 is 11.9 Å².